The lowest BCUT2D eigenvalue weighted by molar-refractivity contribution is 0.102. The van der Waals surface area contributed by atoms with Crippen LogP contribution in [-0.4, -0.2) is 25.7 Å². The Morgan fingerprint density at radius 1 is 1.13 bits per heavy atom. The highest BCUT2D eigenvalue weighted by atomic mass is 32.2. The van der Waals surface area contributed by atoms with Gasteiger partial charge in [0.25, 0.3) is 5.91 Å². The summed E-state index contributed by atoms with van der Waals surface area (Å²) < 4.78 is 2.93. The lowest BCUT2D eigenvalue weighted by Crippen LogP contribution is -2.11. The van der Waals surface area contributed by atoms with Crippen LogP contribution in [0.4, 0.5) is 5.69 Å². The number of nitrogens with one attached hydrogen (secondary N) is 1. The van der Waals surface area contributed by atoms with Crippen molar-refractivity contribution in [2.45, 2.75) is 27.1 Å². The highest BCUT2D eigenvalue weighted by Crippen LogP contribution is 2.27. The molecular weight excluding hydrogens is 434 g/mol. The Labute approximate surface area is 187 Å². The van der Waals surface area contributed by atoms with Crippen molar-refractivity contribution in [1.29, 1.82) is 0 Å². The second-order valence-corrected chi connectivity index (χ2v) is 9.67. The topological polar surface area (TPSA) is 72.7 Å². The third-order valence-corrected chi connectivity index (χ3v) is 7.44. The molecule has 0 spiro atoms. The summed E-state index contributed by atoms with van der Waals surface area (Å²) in [5, 5.41) is 13.7. The zero-order valence-corrected chi connectivity index (χ0v) is 18.9. The standard InChI is InChI=1S/C21H19N5OS3/c1-14-11-28-21(23-14)29-12-15-3-5-16(6-4-15)19(27)24-17-7-9-18(10-8-17)30-20-25-22-13-26(20)2/h3-11,13H,12H2,1-2H3,(H,24,27). The Kier molecular flexibility index (Phi) is 6.51. The van der Waals surface area contributed by atoms with E-state index in [0.717, 1.165) is 37.1 Å². The highest BCUT2D eigenvalue weighted by molar-refractivity contribution is 8.00. The fraction of sp³-hybridized carbons (Fsp3) is 0.143. The smallest absolute Gasteiger partial charge is 0.255 e. The van der Waals surface area contributed by atoms with Gasteiger partial charge in [0.2, 0.25) is 0 Å². The van der Waals surface area contributed by atoms with Crippen LogP contribution < -0.4 is 5.32 Å². The van der Waals surface area contributed by atoms with E-state index in [1.807, 2.05) is 67.1 Å². The Morgan fingerprint density at radius 3 is 2.53 bits per heavy atom. The molecule has 0 saturated heterocycles. The minimum absolute atomic E-state index is 0.126. The molecule has 0 aliphatic heterocycles. The molecule has 0 saturated carbocycles. The summed E-state index contributed by atoms with van der Waals surface area (Å²) in [7, 11) is 1.90. The van der Waals surface area contributed by atoms with Gasteiger partial charge in [-0.25, -0.2) is 4.98 Å². The Morgan fingerprint density at radius 2 is 1.90 bits per heavy atom. The molecular formula is C21H19N5OS3. The van der Waals surface area contributed by atoms with Gasteiger partial charge in [0.1, 0.15) is 10.7 Å². The van der Waals surface area contributed by atoms with E-state index in [-0.39, 0.29) is 5.91 Å². The van der Waals surface area contributed by atoms with Crippen LogP contribution in [0, 0.1) is 6.92 Å². The second kappa shape index (κ2) is 9.46. The molecule has 0 radical (unpaired) electrons. The summed E-state index contributed by atoms with van der Waals surface area (Å²) in [6, 6.07) is 15.4. The molecule has 4 rings (SSSR count). The zero-order valence-electron chi connectivity index (χ0n) is 16.4. The predicted octanol–water partition coefficient (Wildman–Crippen LogP) is 5.28. The quantitative estimate of drug-likeness (QED) is 0.384. The number of thiazole rings is 1. The second-order valence-electron chi connectivity index (χ2n) is 6.55. The first-order valence-electron chi connectivity index (χ1n) is 9.14. The van der Waals surface area contributed by atoms with Gasteiger partial charge in [0.15, 0.2) is 5.16 Å². The zero-order chi connectivity index (χ0) is 20.9. The van der Waals surface area contributed by atoms with Gasteiger partial charge < -0.3 is 9.88 Å². The lowest BCUT2D eigenvalue weighted by Gasteiger charge is -2.07. The number of hydrogen-bond acceptors (Lipinski definition) is 7. The van der Waals surface area contributed by atoms with Gasteiger partial charge in [-0.2, -0.15) is 0 Å². The minimum atomic E-state index is -0.126. The number of rotatable bonds is 7. The van der Waals surface area contributed by atoms with E-state index >= 15 is 0 Å². The summed E-state index contributed by atoms with van der Waals surface area (Å²) in [6.07, 6.45) is 1.67. The van der Waals surface area contributed by atoms with Crippen molar-refractivity contribution in [1.82, 2.24) is 19.7 Å². The van der Waals surface area contributed by atoms with Crippen LogP contribution in [0.1, 0.15) is 21.6 Å². The molecule has 1 N–H and O–H groups in total. The Hall–Kier alpha value is -2.62. The normalized spacial score (nSPS) is 10.9. The van der Waals surface area contributed by atoms with Gasteiger partial charge in [-0.3, -0.25) is 4.79 Å². The molecule has 4 aromatic rings. The number of carbonyl (C=O) groups excluding carboxylic acids is 1. The van der Waals surface area contributed by atoms with Crippen molar-refractivity contribution in [2.24, 2.45) is 7.05 Å². The summed E-state index contributed by atoms with van der Waals surface area (Å²) in [4.78, 5) is 18.0. The Balaban J connectivity index is 1.32. The van der Waals surface area contributed by atoms with E-state index in [9.17, 15) is 4.79 Å². The average molecular weight is 454 g/mol. The maximum absolute atomic E-state index is 12.5. The number of benzene rings is 2. The number of thioether (sulfide) groups is 1. The van der Waals surface area contributed by atoms with Gasteiger partial charge in [-0.1, -0.05) is 23.9 Å². The fourth-order valence-electron chi connectivity index (χ4n) is 2.58. The molecule has 0 atom stereocenters. The van der Waals surface area contributed by atoms with Crippen LogP contribution >= 0.6 is 34.9 Å². The van der Waals surface area contributed by atoms with Crippen LogP contribution in [0.2, 0.25) is 0 Å². The minimum Gasteiger partial charge on any atom is -0.322 e. The number of carbonyl (C=O) groups is 1. The van der Waals surface area contributed by atoms with Crippen molar-refractivity contribution in [3.05, 3.63) is 77.1 Å². The summed E-state index contributed by atoms with van der Waals surface area (Å²) in [6.45, 7) is 2.00. The third kappa shape index (κ3) is 5.29. The SMILES string of the molecule is Cc1csc(SCc2ccc(C(=O)Nc3ccc(Sc4nncn4C)cc3)cc2)n1. The monoisotopic (exact) mass is 453 g/mol. The van der Waals surface area contributed by atoms with Crippen LogP contribution in [0.15, 0.2) is 74.6 Å². The molecule has 0 aliphatic carbocycles. The summed E-state index contributed by atoms with van der Waals surface area (Å²) in [5.74, 6) is 0.706. The molecule has 0 unspecified atom stereocenters. The molecule has 9 heteroatoms. The third-order valence-electron chi connectivity index (χ3n) is 4.17. The Bertz CT molecular complexity index is 1140. The number of nitrogens with zero attached hydrogens (tertiary/aromatic N) is 4. The molecule has 30 heavy (non-hydrogen) atoms. The van der Waals surface area contributed by atoms with E-state index in [1.54, 1.807) is 29.4 Å². The van der Waals surface area contributed by atoms with E-state index in [4.69, 9.17) is 0 Å². The number of anilines is 1. The molecule has 1 amide bonds. The van der Waals surface area contributed by atoms with Gasteiger partial charge in [0, 0.05) is 40.0 Å². The van der Waals surface area contributed by atoms with Crippen molar-refractivity contribution >= 4 is 46.5 Å². The molecule has 2 heterocycles. The van der Waals surface area contributed by atoms with Crippen molar-refractivity contribution in [3.63, 3.8) is 0 Å². The number of aromatic nitrogens is 4. The van der Waals surface area contributed by atoms with E-state index in [1.165, 1.54) is 11.8 Å². The average Bonchev–Trinajstić information content (AvgIpc) is 3.36. The summed E-state index contributed by atoms with van der Waals surface area (Å²) in [5.41, 5.74) is 3.59. The van der Waals surface area contributed by atoms with Gasteiger partial charge in [-0.05, 0) is 60.6 Å². The van der Waals surface area contributed by atoms with Gasteiger partial charge >= 0.3 is 0 Å². The first-order valence-corrected chi connectivity index (χ1v) is 11.8. The summed E-state index contributed by atoms with van der Waals surface area (Å²) >= 11 is 4.89. The van der Waals surface area contributed by atoms with Gasteiger partial charge in [0.05, 0.1) is 0 Å². The molecule has 0 fully saturated rings. The number of amides is 1. The maximum atomic E-state index is 12.5. The molecule has 0 bridgehead atoms. The number of hydrogen-bond donors (Lipinski definition) is 1. The maximum Gasteiger partial charge on any atom is 0.255 e. The van der Waals surface area contributed by atoms with Gasteiger partial charge in [-0.15, -0.1) is 21.5 Å². The molecule has 6 nitrogen and oxygen atoms in total. The van der Waals surface area contributed by atoms with Crippen LogP contribution in [-0.2, 0) is 12.8 Å². The molecule has 2 aromatic heterocycles. The van der Waals surface area contributed by atoms with E-state index in [2.05, 4.69) is 25.9 Å². The molecule has 0 aliphatic rings. The first-order chi connectivity index (χ1) is 14.6. The van der Waals surface area contributed by atoms with Crippen LogP contribution in [0.25, 0.3) is 0 Å². The van der Waals surface area contributed by atoms with Crippen LogP contribution in [0.3, 0.4) is 0 Å². The highest BCUT2D eigenvalue weighted by Gasteiger charge is 2.08. The fourth-order valence-corrected chi connectivity index (χ4v) is 5.14. The largest absolute Gasteiger partial charge is 0.322 e. The van der Waals surface area contributed by atoms with Crippen molar-refractivity contribution in [3.8, 4) is 0 Å². The molecule has 2 aromatic carbocycles. The first kappa shape index (κ1) is 20.6. The van der Waals surface area contributed by atoms with Crippen LogP contribution in [0.5, 0.6) is 0 Å². The predicted molar refractivity (Wildman–Crippen MR) is 122 cm³/mol. The lowest BCUT2D eigenvalue weighted by atomic mass is 10.1. The van der Waals surface area contributed by atoms with Crippen molar-refractivity contribution < 1.29 is 4.79 Å². The van der Waals surface area contributed by atoms with E-state index < -0.39 is 0 Å². The number of aryl methyl sites for hydroxylation is 2. The molecule has 152 valence electrons. The van der Waals surface area contributed by atoms with Crippen molar-refractivity contribution in [2.75, 3.05) is 5.32 Å². The van der Waals surface area contributed by atoms with E-state index in [0.29, 0.717) is 5.56 Å².